The van der Waals surface area contributed by atoms with E-state index in [4.69, 9.17) is 0 Å². The van der Waals surface area contributed by atoms with Crippen LogP contribution in [0.2, 0.25) is 0 Å². The van der Waals surface area contributed by atoms with E-state index in [1.807, 2.05) is 12.1 Å². The fraction of sp³-hybridized carbons (Fsp3) is 0.286. The molecule has 2 aliphatic rings. The van der Waals surface area contributed by atoms with Crippen molar-refractivity contribution in [3.8, 4) is 0 Å². The van der Waals surface area contributed by atoms with E-state index in [1.165, 1.54) is 11.8 Å². The highest BCUT2D eigenvalue weighted by Crippen LogP contribution is 2.30. The summed E-state index contributed by atoms with van der Waals surface area (Å²) in [6.45, 7) is 2.15. The van der Waals surface area contributed by atoms with Crippen LogP contribution in [0.1, 0.15) is 56.6 Å². The predicted molar refractivity (Wildman–Crippen MR) is 100 cm³/mol. The van der Waals surface area contributed by atoms with Crippen LogP contribution in [0.4, 0.5) is 0 Å². The van der Waals surface area contributed by atoms with Gasteiger partial charge in [-0.25, -0.2) is 9.97 Å². The second kappa shape index (κ2) is 6.03. The van der Waals surface area contributed by atoms with Crippen LogP contribution in [-0.4, -0.2) is 51.6 Å². The van der Waals surface area contributed by atoms with Gasteiger partial charge < -0.3 is 4.90 Å². The number of fused-ring (bicyclic) bond motifs is 3. The molecule has 2 aromatic heterocycles. The van der Waals surface area contributed by atoms with E-state index in [-0.39, 0.29) is 28.6 Å². The summed E-state index contributed by atoms with van der Waals surface area (Å²) in [6, 6.07) is 9.26. The molecule has 0 radical (unpaired) electrons. The summed E-state index contributed by atoms with van der Waals surface area (Å²) in [5.41, 5.74) is 3.21. The number of hydrogen-bond acceptors (Lipinski definition) is 6. The molecule has 5 rings (SSSR count). The summed E-state index contributed by atoms with van der Waals surface area (Å²) in [7, 11) is 2.14. The SMILES string of the molecule is CN1CCC(c2ccc3nc4c(nc3c2)C(=O)c2ncccc2C4=O)CC1. The number of aromatic nitrogens is 3. The van der Waals surface area contributed by atoms with Gasteiger partial charge in [-0.3, -0.25) is 14.6 Å². The van der Waals surface area contributed by atoms with Gasteiger partial charge in [-0.05, 0) is 68.7 Å². The lowest BCUT2D eigenvalue weighted by Gasteiger charge is -2.29. The zero-order valence-corrected chi connectivity index (χ0v) is 15.0. The van der Waals surface area contributed by atoms with E-state index in [9.17, 15) is 9.59 Å². The van der Waals surface area contributed by atoms with Crippen LogP contribution in [-0.2, 0) is 0 Å². The average molecular weight is 358 g/mol. The Hall–Kier alpha value is -2.99. The fourth-order valence-corrected chi connectivity index (χ4v) is 3.99. The van der Waals surface area contributed by atoms with Gasteiger partial charge in [-0.1, -0.05) is 6.07 Å². The topological polar surface area (TPSA) is 76.1 Å². The maximum absolute atomic E-state index is 12.8. The number of benzene rings is 1. The minimum absolute atomic E-state index is 0.110. The number of pyridine rings is 1. The van der Waals surface area contributed by atoms with E-state index >= 15 is 0 Å². The van der Waals surface area contributed by atoms with Crippen LogP contribution in [0.15, 0.2) is 36.5 Å². The molecule has 27 heavy (non-hydrogen) atoms. The summed E-state index contributed by atoms with van der Waals surface area (Å²) >= 11 is 0. The monoisotopic (exact) mass is 358 g/mol. The quantitative estimate of drug-likeness (QED) is 0.521. The second-order valence-electron chi connectivity index (χ2n) is 7.30. The van der Waals surface area contributed by atoms with E-state index in [0.29, 0.717) is 22.5 Å². The standard InChI is InChI=1S/C21H18N4O2/c1-25-9-6-12(7-10-25)13-4-5-15-16(11-13)24-19-18(23-15)20(26)14-3-2-8-22-17(14)21(19)27/h2-5,8,11-12H,6-7,9-10H2,1H3. The third kappa shape index (κ3) is 2.56. The first-order valence-corrected chi connectivity index (χ1v) is 9.16. The van der Waals surface area contributed by atoms with Crippen molar-refractivity contribution in [1.82, 2.24) is 19.9 Å². The lowest BCUT2D eigenvalue weighted by Crippen LogP contribution is -2.29. The Balaban J connectivity index is 1.60. The largest absolute Gasteiger partial charge is 0.306 e. The van der Waals surface area contributed by atoms with Gasteiger partial charge in [0.1, 0.15) is 17.1 Å². The number of piperidine rings is 1. The van der Waals surface area contributed by atoms with Crippen LogP contribution in [0, 0.1) is 0 Å². The lowest BCUT2D eigenvalue weighted by atomic mass is 9.89. The first-order chi connectivity index (χ1) is 13.1. The van der Waals surface area contributed by atoms with E-state index in [2.05, 4.69) is 33.0 Å². The molecule has 0 N–H and O–H groups in total. The minimum atomic E-state index is -0.334. The molecule has 3 aromatic rings. The van der Waals surface area contributed by atoms with E-state index < -0.39 is 0 Å². The lowest BCUT2D eigenvalue weighted by molar-refractivity contribution is 0.0968. The summed E-state index contributed by atoms with van der Waals surface area (Å²) < 4.78 is 0. The van der Waals surface area contributed by atoms with E-state index in [0.717, 1.165) is 25.9 Å². The number of carbonyl (C=O) groups excluding carboxylic acids is 2. The molecule has 6 nitrogen and oxygen atoms in total. The van der Waals surface area contributed by atoms with Crippen LogP contribution >= 0.6 is 0 Å². The van der Waals surface area contributed by atoms with Crippen LogP contribution in [0.3, 0.4) is 0 Å². The van der Waals surface area contributed by atoms with Gasteiger partial charge >= 0.3 is 0 Å². The van der Waals surface area contributed by atoms with Crippen molar-refractivity contribution >= 4 is 22.6 Å². The Morgan fingerprint density at radius 2 is 1.67 bits per heavy atom. The molecular weight excluding hydrogens is 340 g/mol. The maximum Gasteiger partial charge on any atom is 0.232 e. The molecule has 134 valence electrons. The summed E-state index contributed by atoms with van der Waals surface area (Å²) in [6.07, 6.45) is 3.73. The Labute approximate surface area is 156 Å². The molecular formula is C21H18N4O2. The van der Waals surface area contributed by atoms with Crippen molar-refractivity contribution in [3.63, 3.8) is 0 Å². The molecule has 0 spiro atoms. The Kier molecular flexibility index (Phi) is 3.62. The van der Waals surface area contributed by atoms with Gasteiger partial charge in [0.15, 0.2) is 0 Å². The molecule has 1 fully saturated rings. The average Bonchev–Trinajstić information content (AvgIpc) is 2.71. The highest BCUT2D eigenvalue weighted by molar-refractivity contribution is 6.26. The van der Waals surface area contributed by atoms with Crippen molar-refractivity contribution in [3.05, 3.63) is 64.7 Å². The molecule has 1 aliphatic carbocycles. The predicted octanol–water partition coefficient (Wildman–Crippen LogP) is 2.61. The fourth-order valence-electron chi connectivity index (χ4n) is 3.99. The van der Waals surface area contributed by atoms with Crippen LogP contribution in [0.5, 0.6) is 0 Å². The molecule has 1 aliphatic heterocycles. The van der Waals surface area contributed by atoms with Gasteiger partial charge in [0, 0.05) is 6.20 Å². The van der Waals surface area contributed by atoms with Gasteiger partial charge in [0.25, 0.3) is 0 Å². The molecule has 1 saturated heterocycles. The van der Waals surface area contributed by atoms with E-state index in [1.54, 1.807) is 12.1 Å². The maximum atomic E-state index is 12.8. The van der Waals surface area contributed by atoms with Gasteiger partial charge in [0.2, 0.25) is 11.6 Å². The summed E-state index contributed by atoms with van der Waals surface area (Å²) in [4.78, 5) is 41.0. The zero-order chi connectivity index (χ0) is 18.5. The van der Waals surface area contributed by atoms with Gasteiger partial charge in [-0.15, -0.1) is 0 Å². The summed E-state index contributed by atoms with van der Waals surface area (Å²) in [5.74, 6) is -0.135. The Bertz CT molecular complexity index is 1100. The molecule has 0 amide bonds. The third-order valence-electron chi connectivity index (χ3n) is 5.58. The Morgan fingerprint density at radius 3 is 2.48 bits per heavy atom. The molecule has 0 bridgehead atoms. The number of nitrogens with zero attached hydrogens (tertiary/aromatic N) is 4. The second-order valence-corrected chi connectivity index (χ2v) is 7.30. The number of ketones is 2. The van der Waals surface area contributed by atoms with Crippen LogP contribution in [0.25, 0.3) is 11.0 Å². The smallest absolute Gasteiger partial charge is 0.232 e. The number of carbonyl (C=O) groups is 2. The molecule has 3 heterocycles. The van der Waals surface area contributed by atoms with Gasteiger partial charge in [-0.2, -0.15) is 0 Å². The van der Waals surface area contributed by atoms with Crippen molar-refractivity contribution in [2.45, 2.75) is 18.8 Å². The third-order valence-corrected chi connectivity index (χ3v) is 5.58. The molecule has 0 saturated carbocycles. The molecule has 6 heteroatoms. The van der Waals surface area contributed by atoms with Crippen molar-refractivity contribution < 1.29 is 9.59 Å². The Morgan fingerprint density at radius 1 is 0.926 bits per heavy atom. The zero-order valence-electron chi connectivity index (χ0n) is 15.0. The first-order valence-electron chi connectivity index (χ1n) is 9.16. The van der Waals surface area contributed by atoms with Crippen molar-refractivity contribution in [1.29, 1.82) is 0 Å². The normalized spacial score (nSPS) is 17.8. The van der Waals surface area contributed by atoms with Crippen LogP contribution < -0.4 is 0 Å². The molecule has 1 aromatic carbocycles. The number of rotatable bonds is 1. The first kappa shape index (κ1) is 16.2. The van der Waals surface area contributed by atoms with Crippen molar-refractivity contribution in [2.24, 2.45) is 0 Å². The number of hydrogen-bond donors (Lipinski definition) is 0. The van der Waals surface area contributed by atoms with Gasteiger partial charge in [0.05, 0.1) is 16.6 Å². The summed E-state index contributed by atoms with van der Waals surface area (Å²) in [5, 5.41) is 0. The number of likely N-dealkylation sites (tertiary alicyclic amines) is 1. The minimum Gasteiger partial charge on any atom is -0.306 e. The highest BCUT2D eigenvalue weighted by Gasteiger charge is 2.33. The van der Waals surface area contributed by atoms with Crippen molar-refractivity contribution in [2.75, 3.05) is 20.1 Å². The highest BCUT2D eigenvalue weighted by atomic mass is 16.1. The molecule has 0 atom stereocenters. The molecule has 0 unspecified atom stereocenters.